The van der Waals surface area contributed by atoms with Crippen molar-refractivity contribution in [3.63, 3.8) is 0 Å². The predicted molar refractivity (Wildman–Crippen MR) is 91.5 cm³/mol. The summed E-state index contributed by atoms with van der Waals surface area (Å²) in [4.78, 5) is 18.8. The van der Waals surface area contributed by atoms with Crippen molar-refractivity contribution in [2.75, 3.05) is 13.1 Å². The Balaban J connectivity index is 1.53. The number of aromatic nitrogens is 2. The Hall–Kier alpha value is -2.08. The second kappa shape index (κ2) is 7.66. The zero-order valence-electron chi connectivity index (χ0n) is 14.5. The van der Waals surface area contributed by atoms with Gasteiger partial charge in [0.25, 0.3) is 5.91 Å². The third-order valence-corrected chi connectivity index (χ3v) is 4.25. The van der Waals surface area contributed by atoms with E-state index in [0.29, 0.717) is 18.2 Å². The molecule has 1 aliphatic heterocycles. The minimum absolute atomic E-state index is 0.181. The highest BCUT2D eigenvalue weighted by molar-refractivity contribution is 5.91. The first-order valence-electron chi connectivity index (χ1n) is 8.70. The van der Waals surface area contributed by atoms with Crippen LogP contribution in [0.2, 0.25) is 0 Å². The van der Waals surface area contributed by atoms with Gasteiger partial charge < -0.3 is 14.3 Å². The zero-order valence-corrected chi connectivity index (χ0v) is 14.5. The van der Waals surface area contributed by atoms with Gasteiger partial charge in [0.1, 0.15) is 5.76 Å². The Morgan fingerprint density at radius 2 is 2.12 bits per heavy atom. The number of likely N-dealkylation sites (tertiary alicyclic amines) is 1. The van der Waals surface area contributed by atoms with Crippen LogP contribution in [0.1, 0.15) is 48.7 Å². The van der Waals surface area contributed by atoms with Crippen LogP contribution in [0.4, 0.5) is 0 Å². The molecule has 0 aliphatic carbocycles. The normalized spacial score (nSPS) is 15.3. The van der Waals surface area contributed by atoms with Gasteiger partial charge in [0.05, 0.1) is 25.1 Å². The maximum atomic E-state index is 12.3. The molecule has 3 heterocycles. The lowest BCUT2D eigenvalue weighted by Crippen LogP contribution is -2.24. The Kier molecular flexibility index (Phi) is 5.35. The van der Waals surface area contributed by atoms with E-state index in [-0.39, 0.29) is 5.91 Å². The van der Waals surface area contributed by atoms with Gasteiger partial charge in [-0.1, -0.05) is 13.8 Å². The van der Waals surface area contributed by atoms with E-state index < -0.39 is 0 Å². The lowest BCUT2D eigenvalue weighted by molar-refractivity contribution is 0.0918. The summed E-state index contributed by atoms with van der Waals surface area (Å²) in [6.45, 7) is 8.68. The van der Waals surface area contributed by atoms with Crippen molar-refractivity contribution in [2.45, 2.75) is 46.3 Å². The van der Waals surface area contributed by atoms with Gasteiger partial charge in [0.2, 0.25) is 0 Å². The average molecular weight is 330 g/mol. The van der Waals surface area contributed by atoms with Gasteiger partial charge >= 0.3 is 0 Å². The van der Waals surface area contributed by atoms with Gasteiger partial charge in [0.15, 0.2) is 5.76 Å². The Bertz CT molecular complexity index is 668. The highest BCUT2D eigenvalue weighted by Crippen LogP contribution is 2.15. The van der Waals surface area contributed by atoms with Crippen molar-refractivity contribution in [3.05, 3.63) is 41.9 Å². The van der Waals surface area contributed by atoms with E-state index in [4.69, 9.17) is 4.42 Å². The minimum atomic E-state index is -0.181. The maximum Gasteiger partial charge on any atom is 0.287 e. The topological polar surface area (TPSA) is 63.3 Å². The maximum absolute atomic E-state index is 12.3. The summed E-state index contributed by atoms with van der Waals surface area (Å²) < 4.78 is 7.77. The van der Waals surface area contributed by atoms with Crippen LogP contribution in [-0.4, -0.2) is 33.4 Å². The first kappa shape index (κ1) is 16.8. The summed E-state index contributed by atoms with van der Waals surface area (Å²) in [5.74, 6) is 1.58. The molecule has 0 saturated carbocycles. The van der Waals surface area contributed by atoms with E-state index in [1.807, 2.05) is 12.4 Å². The van der Waals surface area contributed by atoms with Crippen molar-refractivity contribution in [3.8, 4) is 0 Å². The molecular formula is C18H26N4O2. The molecule has 0 aromatic carbocycles. The highest BCUT2D eigenvalue weighted by atomic mass is 16.4. The first-order chi connectivity index (χ1) is 11.6. The number of carbonyl (C=O) groups is 1. The number of nitrogens with zero attached hydrogens (tertiary/aromatic N) is 3. The van der Waals surface area contributed by atoms with Crippen molar-refractivity contribution >= 4 is 5.91 Å². The SMILES string of the molecule is CC(C)Cn1cncc1CNC(=O)c1ccc(CN2CCCC2)o1. The van der Waals surface area contributed by atoms with Gasteiger partial charge in [0, 0.05) is 12.7 Å². The van der Waals surface area contributed by atoms with Crippen molar-refractivity contribution in [2.24, 2.45) is 5.92 Å². The van der Waals surface area contributed by atoms with E-state index in [9.17, 15) is 4.79 Å². The molecule has 24 heavy (non-hydrogen) atoms. The van der Waals surface area contributed by atoms with Crippen molar-refractivity contribution in [1.82, 2.24) is 19.8 Å². The lowest BCUT2D eigenvalue weighted by Gasteiger charge is -2.12. The van der Waals surface area contributed by atoms with Crippen LogP contribution in [0.15, 0.2) is 29.1 Å². The molecule has 6 heteroatoms. The van der Waals surface area contributed by atoms with E-state index >= 15 is 0 Å². The summed E-state index contributed by atoms with van der Waals surface area (Å²) in [6, 6.07) is 3.66. The van der Waals surface area contributed by atoms with Crippen LogP contribution < -0.4 is 5.32 Å². The molecule has 130 valence electrons. The molecule has 1 amide bonds. The monoisotopic (exact) mass is 330 g/mol. The molecule has 0 bridgehead atoms. The summed E-state index contributed by atoms with van der Waals surface area (Å²) in [6.07, 6.45) is 6.10. The second-order valence-electron chi connectivity index (χ2n) is 6.86. The Morgan fingerprint density at radius 3 is 2.88 bits per heavy atom. The molecule has 0 atom stereocenters. The number of hydrogen-bond donors (Lipinski definition) is 1. The third-order valence-electron chi connectivity index (χ3n) is 4.25. The van der Waals surface area contributed by atoms with E-state index in [1.165, 1.54) is 12.8 Å². The standard InChI is InChI=1S/C18H26N4O2/c1-14(2)11-22-13-19-9-15(22)10-20-18(23)17-6-5-16(24-17)12-21-7-3-4-8-21/h5-6,9,13-14H,3-4,7-8,10-12H2,1-2H3,(H,20,23). The molecule has 0 unspecified atom stereocenters. The van der Waals surface area contributed by atoms with Crippen LogP contribution in [0, 0.1) is 5.92 Å². The van der Waals surface area contributed by atoms with E-state index in [2.05, 4.69) is 33.6 Å². The van der Waals surface area contributed by atoms with Gasteiger partial charge in [-0.2, -0.15) is 0 Å². The highest BCUT2D eigenvalue weighted by Gasteiger charge is 2.16. The number of amides is 1. The fraction of sp³-hybridized carbons (Fsp3) is 0.556. The van der Waals surface area contributed by atoms with Crippen molar-refractivity contribution < 1.29 is 9.21 Å². The minimum Gasteiger partial charge on any atom is -0.455 e. The smallest absolute Gasteiger partial charge is 0.287 e. The van der Waals surface area contributed by atoms with Crippen LogP contribution in [0.3, 0.4) is 0 Å². The molecule has 2 aromatic heterocycles. The molecule has 1 aliphatic rings. The van der Waals surface area contributed by atoms with Crippen LogP contribution >= 0.6 is 0 Å². The quantitative estimate of drug-likeness (QED) is 0.848. The van der Waals surface area contributed by atoms with E-state index in [0.717, 1.165) is 37.6 Å². The number of hydrogen-bond acceptors (Lipinski definition) is 4. The fourth-order valence-corrected chi connectivity index (χ4v) is 3.06. The molecule has 0 spiro atoms. The van der Waals surface area contributed by atoms with Gasteiger partial charge in [-0.25, -0.2) is 4.98 Å². The third kappa shape index (κ3) is 4.26. The fourth-order valence-electron chi connectivity index (χ4n) is 3.06. The first-order valence-corrected chi connectivity index (χ1v) is 8.70. The molecule has 1 saturated heterocycles. The molecular weight excluding hydrogens is 304 g/mol. The zero-order chi connectivity index (χ0) is 16.9. The molecule has 3 rings (SSSR count). The predicted octanol–water partition coefficient (Wildman–Crippen LogP) is 2.66. The van der Waals surface area contributed by atoms with Crippen LogP contribution in [0.5, 0.6) is 0 Å². The van der Waals surface area contributed by atoms with Crippen LogP contribution in [0.25, 0.3) is 0 Å². The average Bonchev–Trinajstić information content (AvgIpc) is 3.27. The second-order valence-corrected chi connectivity index (χ2v) is 6.86. The lowest BCUT2D eigenvalue weighted by atomic mass is 10.2. The van der Waals surface area contributed by atoms with E-state index in [1.54, 1.807) is 12.3 Å². The summed E-state index contributed by atoms with van der Waals surface area (Å²) >= 11 is 0. The summed E-state index contributed by atoms with van der Waals surface area (Å²) in [5.41, 5.74) is 1.00. The molecule has 1 N–H and O–H groups in total. The van der Waals surface area contributed by atoms with Gasteiger partial charge in [-0.05, 0) is 44.0 Å². The largest absolute Gasteiger partial charge is 0.455 e. The number of furan rings is 1. The summed E-state index contributed by atoms with van der Waals surface area (Å²) in [5, 5.41) is 2.91. The number of carbonyl (C=O) groups excluding carboxylic acids is 1. The molecule has 2 aromatic rings. The molecule has 1 fully saturated rings. The Labute approximate surface area is 142 Å². The van der Waals surface area contributed by atoms with Gasteiger partial charge in [-0.15, -0.1) is 0 Å². The Morgan fingerprint density at radius 1 is 1.33 bits per heavy atom. The molecule has 6 nitrogen and oxygen atoms in total. The number of rotatable bonds is 7. The van der Waals surface area contributed by atoms with Crippen molar-refractivity contribution in [1.29, 1.82) is 0 Å². The molecule has 0 radical (unpaired) electrons. The van der Waals surface area contributed by atoms with Crippen LogP contribution in [-0.2, 0) is 19.6 Å². The number of imidazole rings is 1. The van der Waals surface area contributed by atoms with Gasteiger partial charge in [-0.3, -0.25) is 9.69 Å². The summed E-state index contributed by atoms with van der Waals surface area (Å²) in [7, 11) is 0. The number of nitrogens with one attached hydrogen (secondary N) is 1.